The van der Waals surface area contributed by atoms with Crippen LogP contribution in [-0.4, -0.2) is 29.4 Å². The number of rotatable bonds is 5. The fraction of sp³-hybridized carbons (Fsp3) is 0.389. The minimum atomic E-state index is -0.923. The van der Waals surface area contributed by atoms with Gasteiger partial charge in [-0.1, -0.05) is 29.3 Å². The number of nitrogens with two attached hydrogens (primary N) is 1. The highest BCUT2D eigenvalue weighted by Crippen LogP contribution is 2.32. The molecule has 3 rings (SSSR count). The van der Waals surface area contributed by atoms with Gasteiger partial charge in [0, 0.05) is 24.2 Å². The van der Waals surface area contributed by atoms with Crippen molar-refractivity contribution in [2.24, 2.45) is 5.73 Å². The SMILES string of the molecule is Cc1cc(OC2CCOC2)ncc1[C@@H](O)[C@@H](N)c1ccc(Cl)c(Cl)c1. The number of aromatic nitrogens is 1. The highest BCUT2D eigenvalue weighted by molar-refractivity contribution is 6.42. The molecule has 1 aromatic heterocycles. The van der Waals surface area contributed by atoms with E-state index in [4.69, 9.17) is 38.4 Å². The van der Waals surface area contributed by atoms with Crippen molar-refractivity contribution in [1.82, 2.24) is 4.98 Å². The first-order valence-electron chi connectivity index (χ1n) is 8.05. The number of hydrogen-bond donors (Lipinski definition) is 2. The molecule has 1 unspecified atom stereocenters. The van der Waals surface area contributed by atoms with E-state index in [9.17, 15) is 5.11 Å². The normalized spacial score (nSPS) is 19.6. The average Bonchev–Trinajstić information content (AvgIpc) is 3.09. The van der Waals surface area contributed by atoms with E-state index in [0.29, 0.717) is 40.3 Å². The molecule has 2 aromatic rings. The highest BCUT2D eigenvalue weighted by atomic mass is 35.5. The summed E-state index contributed by atoms with van der Waals surface area (Å²) >= 11 is 12.0. The number of ether oxygens (including phenoxy) is 2. The van der Waals surface area contributed by atoms with Crippen molar-refractivity contribution in [3.8, 4) is 5.88 Å². The van der Waals surface area contributed by atoms with E-state index in [-0.39, 0.29) is 6.10 Å². The third-order valence-corrected chi connectivity index (χ3v) is 5.03. The lowest BCUT2D eigenvalue weighted by Crippen LogP contribution is -2.21. The lowest BCUT2D eigenvalue weighted by atomic mass is 9.95. The lowest BCUT2D eigenvalue weighted by molar-refractivity contribution is 0.136. The molecule has 134 valence electrons. The van der Waals surface area contributed by atoms with Gasteiger partial charge in [-0.3, -0.25) is 0 Å². The molecule has 0 amide bonds. The van der Waals surface area contributed by atoms with Gasteiger partial charge in [-0.05, 0) is 30.2 Å². The fourth-order valence-electron chi connectivity index (χ4n) is 2.79. The molecule has 3 N–H and O–H groups in total. The molecule has 0 spiro atoms. The minimum Gasteiger partial charge on any atom is -0.472 e. The first-order valence-corrected chi connectivity index (χ1v) is 8.81. The van der Waals surface area contributed by atoms with Gasteiger partial charge in [-0.15, -0.1) is 0 Å². The van der Waals surface area contributed by atoms with Gasteiger partial charge in [0.15, 0.2) is 0 Å². The molecule has 2 heterocycles. The molecule has 0 aliphatic carbocycles. The van der Waals surface area contributed by atoms with Gasteiger partial charge in [0.1, 0.15) is 6.10 Å². The van der Waals surface area contributed by atoms with E-state index in [1.165, 1.54) is 0 Å². The number of aryl methyl sites for hydroxylation is 1. The van der Waals surface area contributed by atoms with Crippen molar-refractivity contribution in [3.05, 3.63) is 57.2 Å². The summed E-state index contributed by atoms with van der Waals surface area (Å²) in [6.07, 6.45) is 1.56. The van der Waals surface area contributed by atoms with Crippen LogP contribution in [0.4, 0.5) is 0 Å². The van der Waals surface area contributed by atoms with Gasteiger partial charge >= 0.3 is 0 Å². The zero-order valence-corrected chi connectivity index (χ0v) is 15.3. The molecular weight excluding hydrogens is 363 g/mol. The Bertz CT molecular complexity index is 751. The predicted octanol–water partition coefficient (Wildman–Crippen LogP) is 3.60. The summed E-state index contributed by atoms with van der Waals surface area (Å²) in [5, 5.41) is 11.5. The summed E-state index contributed by atoms with van der Waals surface area (Å²) in [6.45, 7) is 3.17. The highest BCUT2D eigenvalue weighted by Gasteiger charge is 2.23. The van der Waals surface area contributed by atoms with Crippen LogP contribution in [0.5, 0.6) is 5.88 Å². The van der Waals surface area contributed by atoms with Crippen LogP contribution in [0.15, 0.2) is 30.5 Å². The van der Waals surface area contributed by atoms with Crippen molar-refractivity contribution >= 4 is 23.2 Å². The number of nitrogens with zero attached hydrogens (tertiary/aromatic N) is 1. The standard InChI is InChI=1S/C18H20Cl2N2O3/c1-10-6-16(25-12-4-5-24-9-12)22-8-13(10)18(23)17(21)11-2-3-14(19)15(20)7-11/h2-3,6-8,12,17-18,23H,4-5,9,21H2,1H3/t12?,17-,18+/m0/s1. The Morgan fingerprint density at radius 3 is 2.76 bits per heavy atom. The Kier molecular flexibility index (Phi) is 5.81. The van der Waals surface area contributed by atoms with Gasteiger partial charge in [-0.25, -0.2) is 4.98 Å². The van der Waals surface area contributed by atoms with Crippen LogP contribution in [0.25, 0.3) is 0 Å². The molecule has 1 aliphatic rings. The Labute approximate surface area is 156 Å². The summed E-state index contributed by atoms with van der Waals surface area (Å²) in [4.78, 5) is 4.29. The van der Waals surface area contributed by atoms with Crippen molar-refractivity contribution in [2.45, 2.75) is 31.6 Å². The molecule has 0 bridgehead atoms. The van der Waals surface area contributed by atoms with Gasteiger partial charge < -0.3 is 20.3 Å². The number of aliphatic hydroxyl groups excluding tert-OH is 1. The Morgan fingerprint density at radius 1 is 1.32 bits per heavy atom. The maximum atomic E-state index is 10.7. The van der Waals surface area contributed by atoms with Gasteiger partial charge in [0.2, 0.25) is 5.88 Å². The molecule has 7 heteroatoms. The Hall–Kier alpha value is -1.37. The first-order chi connectivity index (χ1) is 12.0. The van der Waals surface area contributed by atoms with Gasteiger partial charge in [0.05, 0.1) is 35.4 Å². The second-order valence-electron chi connectivity index (χ2n) is 6.13. The number of hydrogen-bond acceptors (Lipinski definition) is 5. The van der Waals surface area contributed by atoms with Crippen LogP contribution in [0.2, 0.25) is 10.0 Å². The van der Waals surface area contributed by atoms with Crippen molar-refractivity contribution in [2.75, 3.05) is 13.2 Å². The van der Waals surface area contributed by atoms with Crippen molar-refractivity contribution in [1.29, 1.82) is 0 Å². The maximum absolute atomic E-state index is 10.7. The van der Waals surface area contributed by atoms with Crippen molar-refractivity contribution in [3.63, 3.8) is 0 Å². The summed E-state index contributed by atoms with van der Waals surface area (Å²) < 4.78 is 11.1. The number of aliphatic hydroxyl groups is 1. The predicted molar refractivity (Wildman–Crippen MR) is 97.2 cm³/mol. The van der Waals surface area contributed by atoms with Gasteiger partial charge in [0.25, 0.3) is 0 Å². The molecule has 1 aliphatic heterocycles. The average molecular weight is 383 g/mol. The first kappa shape index (κ1) is 18.4. The van der Waals surface area contributed by atoms with Gasteiger partial charge in [-0.2, -0.15) is 0 Å². The largest absolute Gasteiger partial charge is 0.472 e. The fourth-order valence-corrected chi connectivity index (χ4v) is 3.09. The van der Waals surface area contributed by atoms with E-state index in [1.807, 2.05) is 6.92 Å². The van der Waals surface area contributed by atoms with E-state index in [0.717, 1.165) is 12.0 Å². The molecule has 25 heavy (non-hydrogen) atoms. The number of pyridine rings is 1. The summed E-state index contributed by atoms with van der Waals surface area (Å²) in [7, 11) is 0. The molecule has 5 nitrogen and oxygen atoms in total. The monoisotopic (exact) mass is 382 g/mol. The van der Waals surface area contributed by atoms with Crippen LogP contribution in [0.1, 0.15) is 35.3 Å². The topological polar surface area (TPSA) is 77.6 Å². The smallest absolute Gasteiger partial charge is 0.213 e. The molecule has 0 saturated carbocycles. The molecule has 1 fully saturated rings. The van der Waals surface area contributed by atoms with Crippen LogP contribution in [0.3, 0.4) is 0 Å². The molecule has 3 atom stereocenters. The Balaban J connectivity index is 1.76. The summed E-state index contributed by atoms with van der Waals surface area (Å²) in [5.74, 6) is 0.520. The second-order valence-corrected chi connectivity index (χ2v) is 6.94. The van der Waals surface area contributed by atoms with Crippen LogP contribution < -0.4 is 10.5 Å². The third-order valence-electron chi connectivity index (χ3n) is 4.29. The van der Waals surface area contributed by atoms with E-state index < -0.39 is 12.1 Å². The van der Waals surface area contributed by atoms with E-state index in [2.05, 4.69) is 4.98 Å². The Morgan fingerprint density at radius 2 is 2.12 bits per heavy atom. The van der Waals surface area contributed by atoms with E-state index in [1.54, 1.807) is 30.5 Å². The molecule has 1 saturated heterocycles. The zero-order valence-electron chi connectivity index (χ0n) is 13.8. The zero-order chi connectivity index (χ0) is 18.0. The van der Waals surface area contributed by atoms with Crippen LogP contribution in [0, 0.1) is 6.92 Å². The summed E-state index contributed by atoms with van der Waals surface area (Å²) in [5.41, 5.74) is 8.40. The maximum Gasteiger partial charge on any atom is 0.213 e. The lowest BCUT2D eigenvalue weighted by Gasteiger charge is -2.22. The quantitative estimate of drug-likeness (QED) is 0.825. The van der Waals surface area contributed by atoms with Crippen LogP contribution >= 0.6 is 23.2 Å². The number of benzene rings is 1. The third kappa shape index (κ3) is 4.25. The van der Waals surface area contributed by atoms with Crippen LogP contribution in [-0.2, 0) is 4.74 Å². The molecule has 0 radical (unpaired) electrons. The second kappa shape index (κ2) is 7.89. The molecular formula is C18H20Cl2N2O3. The molecule has 1 aromatic carbocycles. The number of halogens is 2. The van der Waals surface area contributed by atoms with E-state index >= 15 is 0 Å². The minimum absolute atomic E-state index is 0.0288. The summed E-state index contributed by atoms with van der Waals surface area (Å²) in [6, 6.07) is 6.24. The van der Waals surface area contributed by atoms with Crippen molar-refractivity contribution < 1.29 is 14.6 Å².